The number of benzene rings is 1. The van der Waals surface area contributed by atoms with Gasteiger partial charge in [-0.25, -0.2) is 0 Å². The van der Waals surface area contributed by atoms with E-state index in [1.54, 1.807) is 0 Å². The van der Waals surface area contributed by atoms with Crippen LogP contribution in [0.3, 0.4) is 0 Å². The smallest absolute Gasteiger partial charge is 0.122 e. The summed E-state index contributed by atoms with van der Waals surface area (Å²) >= 11 is 0. The summed E-state index contributed by atoms with van der Waals surface area (Å²) in [6.45, 7) is 5.99. The summed E-state index contributed by atoms with van der Waals surface area (Å²) < 4.78 is 5.56. The Balaban J connectivity index is 2.27. The van der Waals surface area contributed by atoms with Crippen molar-refractivity contribution < 1.29 is 4.74 Å². The zero-order valence-electron chi connectivity index (χ0n) is 11.6. The first-order valence-electron chi connectivity index (χ1n) is 6.80. The Morgan fingerprint density at radius 2 is 2.17 bits per heavy atom. The quantitative estimate of drug-likeness (QED) is 0.839. The average molecular weight is 248 g/mol. The van der Waals surface area contributed by atoms with E-state index in [1.165, 1.54) is 11.1 Å². The first kappa shape index (κ1) is 13.4. The zero-order valence-corrected chi connectivity index (χ0v) is 11.6. The molecule has 3 nitrogen and oxygen atoms in total. The van der Waals surface area contributed by atoms with Crippen LogP contribution in [0, 0.1) is 11.8 Å². The van der Waals surface area contributed by atoms with Gasteiger partial charge in [-0.15, -0.1) is 0 Å². The molecule has 3 N–H and O–H groups in total. The molecule has 0 bridgehead atoms. The van der Waals surface area contributed by atoms with Crippen molar-refractivity contribution in [1.29, 1.82) is 0 Å². The molecule has 0 saturated carbocycles. The van der Waals surface area contributed by atoms with Crippen LogP contribution < -0.4 is 15.8 Å². The third-order valence-corrected chi connectivity index (χ3v) is 3.94. The predicted molar refractivity (Wildman–Crippen MR) is 74.8 cm³/mol. The third-order valence-electron chi connectivity index (χ3n) is 3.94. The van der Waals surface area contributed by atoms with E-state index in [-0.39, 0.29) is 0 Å². The van der Waals surface area contributed by atoms with Crippen LogP contribution in [0.5, 0.6) is 5.75 Å². The monoisotopic (exact) mass is 248 g/mol. The van der Waals surface area contributed by atoms with Crippen LogP contribution in [-0.2, 0) is 6.42 Å². The number of fused-ring (bicyclic) bond motifs is 1. The normalized spacial score (nSPS) is 17.4. The first-order valence-corrected chi connectivity index (χ1v) is 6.80. The van der Waals surface area contributed by atoms with Crippen LogP contribution in [-0.4, -0.2) is 20.2 Å². The minimum absolute atomic E-state index is 0.320. The van der Waals surface area contributed by atoms with E-state index in [2.05, 4.69) is 37.4 Å². The van der Waals surface area contributed by atoms with Gasteiger partial charge in [-0.05, 0) is 42.6 Å². The second kappa shape index (κ2) is 5.72. The number of rotatable bonds is 5. The summed E-state index contributed by atoms with van der Waals surface area (Å²) in [5.74, 6) is 2.06. The van der Waals surface area contributed by atoms with E-state index < -0.39 is 0 Å². The van der Waals surface area contributed by atoms with E-state index >= 15 is 0 Å². The molecule has 1 aliphatic rings. The summed E-state index contributed by atoms with van der Waals surface area (Å²) in [5, 5.41) is 3.42. The highest BCUT2D eigenvalue weighted by atomic mass is 16.5. The highest BCUT2D eigenvalue weighted by Crippen LogP contribution is 2.32. The maximum Gasteiger partial charge on any atom is 0.122 e. The van der Waals surface area contributed by atoms with E-state index in [0.29, 0.717) is 24.4 Å². The molecule has 3 heteroatoms. The van der Waals surface area contributed by atoms with Crippen molar-refractivity contribution in [3.63, 3.8) is 0 Å². The van der Waals surface area contributed by atoms with Gasteiger partial charge in [0, 0.05) is 12.5 Å². The molecular formula is C15H24N2O. The topological polar surface area (TPSA) is 47.3 Å². The molecule has 1 heterocycles. The summed E-state index contributed by atoms with van der Waals surface area (Å²) in [6, 6.07) is 6.85. The molecule has 100 valence electrons. The minimum Gasteiger partial charge on any atom is -0.493 e. The summed E-state index contributed by atoms with van der Waals surface area (Å²) in [4.78, 5) is 0. The Kier molecular flexibility index (Phi) is 4.25. The number of hydrogen-bond acceptors (Lipinski definition) is 3. The largest absolute Gasteiger partial charge is 0.493 e. The molecule has 0 radical (unpaired) electrons. The molecule has 1 aromatic carbocycles. The van der Waals surface area contributed by atoms with Gasteiger partial charge >= 0.3 is 0 Å². The van der Waals surface area contributed by atoms with Crippen molar-refractivity contribution in [2.45, 2.75) is 26.3 Å². The molecule has 0 saturated heterocycles. The Morgan fingerprint density at radius 3 is 2.78 bits per heavy atom. The van der Waals surface area contributed by atoms with Crippen LogP contribution in [0.2, 0.25) is 0 Å². The Morgan fingerprint density at radius 1 is 1.39 bits per heavy atom. The Labute approximate surface area is 110 Å². The zero-order chi connectivity index (χ0) is 13.1. The highest BCUT2D eigenvalue weighted by Gasteiger charge is 2.24. The van der Waals surface area contributed by atoms with Crippen LogP contribution in [0.4, 0.5) is 0 Å². The number of nitrogens with one attached hydrogen (secondary N) is 1. The van der Waals surface area contributed by atoms with Crippen molar-refractivity contribution in [3.05, 3.63) is 29.3 Å². The fourth-order valence-electron chi connectivity index (χ4n) is 2.82. The van der Waals surface area contributed by atoms with Gasteiger partial charge in [0.2, 0.25) is 0 Å². The van der Waals surface area contributed by atoms with Gasteiger partial charge in [-0.2, -0.15) is 0 Å². The van der Waals surface area contributed by atoms with Crippen molar-refractivity contribution in [1.82, 2.24) is 5.32 Å². The summed E-state index contributed by atoms with van der Waals surface area (Å²) in [7, 11) is 2.01. The number of hydrogen-bond donors (Lipinski definition) is 2. The van der Waals surface area contributed by atoms with Crippen LogP contribution in [0.15, 0.2) is 18.2 Å². The second-order valence-corrected chi connectivity index (χ2v) is 5.38. The van der Waals surface area contributed by atoms with Crippen molar-refractivity contribution in [2.24, 2.45) is 17.6 Å². The van der Waals surface area contributed by atoms with Crippen LogP contribution in [0.25, 0.3) is 0 Å². The van der Waals surface area contributed by atoms with Gasteiger partial charge in [0.05, 0.1) is 6.61 Å². The Bertz CT molecular complexity index is 403. The van der Waals surface area contributed by atoms with Crippen molar-refractivity contribution in [2.75, 3.05) is 20.2 Å². The minimum atomic E-state index is 0.320. The van der Waals surface area contributed by atoms with Crippen LogP contribution in [0.1, 0.15) is 31.0 Å². The molecular weight excluding hydrogens is 224 g/mol. The highest BCUT2D eigenvalue weighted by molar-refractivity contribution is 5.41. The lowest BCUT2D eigenvalue weighted by atomic mass is 9.84. The van der Waals surface area contributed by atoms with Gasteiger partial charge in [-0.1, -0.05) is 26.0 Å². The third kappa shape index (κ3) is 2.52. The van der Waals surface area contributed by atoms with Crippen molar-refractivity contribution in [3.8, 4) is 5.75 Å². The lowest BCUT2D eigenvalue weighted by Gasteiger charge is -2.29. The standard InChI is InChI=1S/C15H24N2O/c1-10(2)13(9-16)15(17-3)12-4-5-14-11(8-12)6-7-18-14/h4-5,8,10,13,15,17H,6-7,9,16H2,1-3H3. The summed E-state index contributed by atoms with van der Waals surface area (Å²) in [6.07, 6.45) is 1.02. The fraction of sp³-hybridized carbons (Fsp3) is 0.600. The van der Waals surface area contributed by atoms with Gasteiger partial charge in [-0.3, -0.25) is 0 Å². The molecule has 2 rings (SSSR count). The number of nitrogens with two attached hydrogens (primary N) is 1. The lowest BCUT2D eigenvalue weighted by Crippen LogP contribution is -2.34. The molecule has 0 amide bonds. The van der Waals surface area contributed by atoms with E-state index in [0.717, 1.165) is 18.8 Å². The van der Waals surface area contributed by atoms with E-state index in [9.17, 15) is 0 Å². The van der Waals surface area contributed by atoms with Gasteiger partial charge in [0.15, 0.2) is 0 Å². The summed E-state index contributed by atoms with van der Waals surface area (Å²) in [5.41, 5.74) is 8.59. The molecule has 2 atom stereocenters. The molecule has 0 aliphatic carbocycles. The van der Waals surface area contributed by atoms with Crippen LogP contribution >= 0.6 is 0 Å². The predicted octanol–water partition coefficient (Wildman–Crippen LogP) is 2.11. The molecule has 0 fully saturated rings. The lowest BCUT2D eigenvalue weighted by molar-refractivity contribution is 0.299. The van der Waals surface area contributed by atoms with E-state index in [4.69, 9.17) is 10.5 Å². The Hall–Kier alpha value is -1.06. The van der Waals surface area contributed by atoms with Crippen molar-refractivity contribution >= 4 is 0 Å². The number of ether oxygens (including phenoxy) is 1. The SMILES string of the molecule is CNC(c1ccc2c(c1)CCO2)C(CN)C(C)C. The first-order chi connectivity index (χ1) is 8.67. The second-order valence-electron chi connectivity index (χ2n) is 5.38. The molecule has 2 unspecified atom stereocenters. The molecule has 0 spiro atoms. The maximum absolute atomic E-state index is 5.94. The van der Waals surface area contributed by atoms with Gasteiger partial charge in [0.25, 0.3) is 0 Å². The molecule has 1 aromatic rings. The molecule has 0 aromatic heterocycles. The van der Waals surface area contributed by atoms with E-state index in [1.807, 2.05) is 7.05 Å². The van der Waals surface area contributed by atoms with Gasteiger partial charge < -0.3 is 15.8 Å². The van der Waals surface area contributed by atoms with Gasteiger partial charge in [0.1, 0.15) is 5.75 Å². The maximum atomic E-state index is 5.94. The molecule has 18 heavy (non-hydrogen) atoms. The molecule has 1 aliphatic heterocycles. The fourth-order valence-corrected chi connectivity index (χ4v) is 2.82. The average Bonchev–Trinajstić information content (AvgIpc) is 2.82.